The van der Waals surface area contributed by atoms with E-state index in [4.69, 9.17) is 9.40 Å². The average molecular weight is 291 g/mol. The van der Waals surface area contributed by atoms with Crippen LogP contribution in [0, 0.1) is 6.92 Å². The monoisotopic (exact) mass is 291 g/mol. The predicted octanol–water partition coefficient (Wildman–Crippen LogP) is 2.90. The van der Waals surface area contributed by atoms with Crippen LogP contribution in [0.4, 0.5) is 0 Å². The van der Waals surface area contributed by atoms with Crippen LogP contribution in [-0.2, 0) is 6.54 Å². The Morgan fingerprint density at radius 2 is 2.45 bits per heavy atom. The first kappa shape index (κ1) is 13.8. The van der Waals surface area contributed by atoms with Crippen LogP contribution >= 0.6 is 11.3 Å². The van der Waals surface area contributed by atoms with Gasteiger partial charge in [0.25, 0.3) is 0 Å². The van der Waals surface area contributed by atoms with E-state index >= 15 is 0 Å². The zero-order valence-electron chi connectivity index (χ0n) is 12.1. The number of aryl methyl sites for hydroxylation is 1. The third kappa shape index (κ3) is 2.80. The summed E-state index contributed by atoms with van der Waals surface area (Å²) in [5.41, 5.74) is 1.07. The molecule has 0 aliphatic carbocycles. The van der Waals surface area contributed by atoms with Gasteiger partial charge in [-0.15, -0.1) is 11.3 Å². The minimum Gasteiger partial charge on any atom is -0.440 e. The molecule has 5 heteroatoms. The van der Waals surface area contributed by atoms with Gasteiger partial charge in [0.05, 0.1) is 10.6 Å². The number of oxazole rings is 1. The van der Waals surface area contributed by atoms with Crippen molar-refractivity contribution in [2.75, 3.05) is 19.6 Å². The van der Waals surface area contributed by atoms with Gasteiger partial charge in [0.1, 0.15) is 5.76 Å². The molecule has 1 N–H and O–H groups in total. The Hall–Kier alpha value is -1.17. The van der Waals surface area contributed by atoms with Gasteiger partial charge < -0.3 is 9.73 Å². The summed E-state index contributed by atoms with van der Waals surface area (Å²) in [6, 6.07) is 4.71. The molecule has 0 bridgehead atoms. The highest BCUT2D eigenvalue weighted by Gasteiger charge is 2.23. The molecule has 3 rings (SSSR count). The van der Waals surface area contributed by atoms with Crippen molar-refractivity contribution in [3.63, 3.8) is 0 Å². The molecule has 108 valence electrons. The molecule has 4 nitrogen and oxygen atoms in total. The SMILES string of the molecule is CCN(Cc1nc(-c2cccs2)oc1C)C1CCNC1. The van der Waals surface area contributed by atoms with E-state index in [1.165, 1.54) is 6.42 Å². The van der Waals surface area contributed by atoms with Crippen LogP contribution in [0.25, 0.3) is 10.8 Å². The highest BCUT2D eigenvalue weighted by Crippen LogP contribution is 2.26. The first-order valence-electron chi connectivity index (χ1n) is 7.23. The molecule has 0 spiro atoms. The van der Waals surface area contributed by atoms with E-state index in [1.807, 2.05) is 13.0 Å². The summed E-state index contributed by atoms with van der Waals surface area (Å²) in [6.45, 7) is 8.37. The molecule has 0 saturated carbocycles. The summed E-state index contributed by atoms with van der Waals surface area (Å²) >= 11 is 1.67. The van der Waals surface area contributed by atoms with Crippen LogP contribution in [0.5, 0.6) is 0 Å². The van der Waals surface area contributed by atoms with Gasteiger partial charge in [0, 0.05) is 19.1 Å². The molecule has 1 aliphatic rings. The molecule has 1 unspecified atom stereocenters. The number of rotatable bonds is 5. The standard InChI is InChI=1S/C15H21N3OS/c1-3-18(12-6-7-16-9-12)10-13-11(2)19-15(17-13)14-5-4-8-20-14/h4-5,8,12,16H,3,6-7,9-10H2,1-2H3. The normalized spacial score (nSPS) is 19.1. The first-order valence-corrected chi connectivity index (χ1v) is 8.11. The van der Waals surface area contributed by atoms with Gasteiger partial charge in [0.15, 0.2) is 0 Å². The summed E-state index contributed by atoms with van der Waals surface area (Å²) in [7, 11) is 0. The zero-order chi connectivity index (χ0) is 13.9. The van der Waals surface area contributed by atoms with Crippen molar-refractivity contribution < 1.29 is 4.42 Å². The third-order valence-corrected chi connectivity index (χ3v) is 4.79. The molecular weight excluding hydrogens is 270 g/mol. The van der Waals surface area contributed by atoms with Gasteiger partial charge in [-0.1, -0.05) is 13.0 Å². The van der Waals surface area contributed by atoms with Crippen molar-refractivity contribution in [1.82, 2.24) is 15.2 Å². The number of hydrogen-bond acceptors (Lipinski definition) is 5. The summed E-state index contributed by atoms with van der Waals surface area (Å²) in [4.78, 5) is 8.28. The number of nitrogens with one attached hydrogen (secondary N) is 1. The quantitative estimate of drug-likeness (QED) is 0.919. The Labute approximate surface area is 123 Å². The Balaban J connectivity index is 1.76. The molecule has 20 heavy (non-hydrogen) atoms. The van der Waals surface area contributed by atoms with Gasteiger partial charge in [-0.25, -0.2) is 4.98 Å². The number of thiophene rings is 1. The second-order valence-electron chi connectivity index (χ2n) is 5.21. The number of likely N-dealkylation sites (N-methyl/N-ethyl adjacent to an activating group) is 1. The smallest absolute Gasteiger partial charge is 0.236 e. The lowest BCUT2D eigenvalue weighted by Gasteiger charge is -2.25. The van der Waals surface area contributed by atoms with Crippen molar-refractivity contribution in [3.8, 4) is 10.8 Å². The summed E-state index contributed by atoms with van der Waals surface area (Å²) in [6.07, 6.45) is 1.22. The lowest BCUT2D eigenvalue weighted by Crippen LogP contribution is -2.36. The molecule has 0 radical (unpaired) electrons. The second-order valence-corrected chi connectivity index (χ2v) is 6.16. The molecule has 2 aromatic heterocycles. The summed E-state index contributed by atoms with van der Waals surface area (Å²) in [5.74, 6) is 1.70. The maximum atomic E-state index is 5.82. The molecule has 1 fully saturated rings. The average Bonchev–Trinajstić information content (AvgIpc) is 3.18. The van der Waals surface area contributed by atoms with Crippen molar-refractivity contribution >= 4 is 11.3 Å². The first-order chi connectivity index (χ1) is 9.78. The molecule has 0 amide bonds. The predicted molar refractivity (Wildman–Crippen MR) is 81.9 cm³/mol. The van der Waals surface area contributed by atoms with E-state index in [9.17, 15) is 0 Å². The fourth-order valence-electron chi connectivity index (χ4n) is 2.72. The van der Waals surface area contributed by atoms with E-state index in [-0.39, 0.29) is 0 Å². The Morgan fingerprint density at radius 3 is 3.10 bits per heavy atom. The fraction of sp³-hybridized carbons (Fsp3) is 0.533. The molecule has 0 aromatic carbocycles. The lowest BCUT2D eigenvalue weighted by molar-refractivity contribution is 0.207. The minimum atomic E-state index is 0.626. The van der Waals surface area contributed by atoms with Crippen molar-refractivity contribution in [2.45, 2.75) is 32.9 Å². The lowest BCUT2D eigenvalue weighted by atomic mass is 10.2. The topological polar surface area (TPSA) is 41.3 Å². The molecular formula is C15H21N3OS. The van der Waals surface area contributed by atoms with Crippen LogP contribution in [0.3, 0.4) is 0 Å². The van der Waals surface area contributed by atoms with E-state index in [1.54, 1.807) is 11.3 Å². The molecule has 1 atom stereocenters. The van der Waals surface area contributed by atoms with Gasteiger partial charge in [-0.3, -0.25) is 4.90 Å². The fourth-order valence-corrected chi connectivity index (χ4v) is 3.37. The van der Waals surface area contributed by atoms with Crippen LogP contribution in [0.15, 0.2) is 21.9 Å². The van der Waals surface area contributed by atoms with Gasteiger partial charge >= 0.3 is 0 Å². The van der Waals surface area contributed by atoms with Crippen molar-refractivity contribution in [3.05, 3.63) is 29.0 Å². The van der Waals surface area contributed by atoms with Crippen LogP contribution in [-0.4, -0.2) is 35.6 Å². The maximum absolute atomic E-state index is 5.82. The van der Waals surface area contributed by atoms with E-state index in [0.717, 1.165) is 48.4 Å². The van der Waals surface area contributed by atoms with Gasteiger partial charge in [-0.05, 0) is 37.9 Å². The summed E-state index contributed by atoms with van der Waals surface area (Å²) < 4.78 is 5.82. The molecule has 2 aromatic rings. The number of aromatic nitrogens is 1. The summed E-state index contributed by atoms with van der Waals surface area (Å²) in [5, 5.41) is 5.48. The Bertz CT molecular complexity index is 543. The third-order valence-electron chi connectivity index (χ3n) is 3.93. The maximum Gasteiger partial charge on any atom is 0.236 e. The second kappa shape index (κ2) is 6.08. The molecule has 3 heterocycles. The number of nitrogens with zero attached hydrogens (tertiary/aromatic N) is 2. The van der Waals surface area contributed by atoms with Crippen molar-refractivity contribution in [2.24, 2.45) is 0 Å². The van der Waals surface area contributed by atoms with E-state index in [0.29, 0.717) is 6.04 Å². The zero-order valence-corrected chi connectivity index (χ0v) is 12.9. The molecule has 1 saturated heterocycles. The minimum absolute atomic E-state index is 0.626. The van der Waals surface area contributed by atoms with Gasteiger partial charge in [-0.2, -0.15) is 0 Å². The van der Waals surface area contributed by atoms with Crippen LogP contribution < -0.4 is 5.32 Å². The Kier molecular flexibility index (Phi) is 4.19. The largest absolute Gasteiger partial charge is 0.440 e. The van der Waals surface area contributed by atoms with E-state index in [2.05, 4.69) is 28.6 Å². The Morgan fingerprint density at radius 1 is 1.55 bits per heavy atom. The highest BCUT2D eigenvalue weighted by molar-refractivity contribution is 7.13. The van der Waals surface area contributed by atoms with Gasteiger partial charge in [0.2, 0.25) is 5.89 Å². The highest BCUT2D eigenvalue weighted by atomic mass is 32.1. The van der Waals surface area contributed by atoms with Crippen LogP contribution in [0.1, 0.15) is 24.8 Å². The number of hydrogen-bond donors (Lipinski definition) is 1. The van der Waals surface area contributed by atoms with Crippen molar-refractivity contribution in [1.29, 1.82) is 0 Å². The van der Waals surface area contributed by atoms with Crippen LogP contribution in [0.2, 0.25) is 0 Å². The van der Waals surface area contributed by atoms with E-state index < -0.39 is 0 Å². The molecule has 1 aliphatic heterocycles.